The normalized spacial score (nSPS) is 22.9. The number of halogens is 3. The fraction of sp³-hybridized carbons (Fsp3) is 0.462. The van der Waals surface area contributed by atoms with E-state index in [-0.39, 0.29) is 6.54 Å². The lowest BCUT2D eigenvalue weighted by Crippen LogP contribution is -2.20. The summed E-state index contributed by atoms with van der Waals surface area (Å²) in [6.07, 6.45) is 2.35. The maximum absolute atomic E-state index is 13.2. The standard InChI is InChI=1S/C13H16F3N3/c1-2-3-17-12-7-19(8-18-12)6-9-4-10(14)13(16)11(15)5-9/h4-5,7-8,10,13,17H,2-3,6H2,1H3. The lowest BCUT2D eigenvalue weighted by Gasteiger charge is -2.16. The van der Waals surface area contributed by atoms with E-state index in [1.165, 1.54) is 0 Å². The Morgan fingerprint density at radius 2 is 2.21 bits per heavy atom. The predicted octanol–water partition coefficient (Wildman–Crippen LogP) is 3.17. The first-order valence-electron chi connectivity index (χ1n) is 6.21. The van der Waals surface area contributed by atoms with Crippen LogP contribution in [-0.2, 0) is 6.54 Å². The summed E-state index contributed by atoms with van der Waals surface area (Å²) in [6.45, 7) is 3.12. The van der Waals surface area contributed by atoms with E-state index >= 15 is 0 Å². The van der Waals surface area contributed by atoms with Crippen LogP contribution in [-0.4, -0.2) is 28.4 Å². The highest BCUT2D eigenvalue weighted by atomic mass is 19.2. The van der Waals surface area contributed by atoms with E-state index in [1.54, 1.807) is 17.1 Å². The molecule has 104 valence electrons. The maximum Gasteiger partial charge on any atom is 0.186 e. The number of nitrogens with zero attached hydrogens (tertiary/aromatic N) is 2. The summed E-state index contributed by atoms with van der Waals surface area (Å²) in [5.74, 6) is -0.350. The zero-order valence-electron chi connectivity index (χ0n) is 10.6. The molecular formula is C13H16F3N3. The molecule has 3 nitrogen and oxygen atoms in total. The monoisotopic (exact) mass is 271 g/mol. The van der Waals surface area contributed by atoms with E-state index in [0.717, 1.165) is 25.1 Å². The van der Waals surface area contributed by atoms with E-state index < -0.39 is 18.2 Å². The van der Waals surface area contributed by atoms with Crippen molar-refractivity contribution >= 4 is 5.82 Å². The quantitative estimate of drug-likeness (QED) is 0.891. The fourth-order valence-electron chi connectivity index (χ4n) is 1.85. The summed E-state index contributed by atoms with van der Waals surface area (Å²) in [7, 11) is 0. The summed E-state index contributed by atoms with van der Waals surface area (Å²) in [5, 5.41) is 3.10. The Labute approximate surface area is 109 Å². The number of nitrogens with one attached hydrogen (secondary N) is 1. The molecule has 2 unspecified atom stereocenters. The van der Waals surface area contributed by atoms with Crippen molar-refractivity contribution in [3.05, 3.63) is 36.1 Å². The van der Waals surface area contributed by atoms with Crippen molar-refractivity contribution in [2.45, 2.75) is 32.2 Å². The highest BCUT2D eigenvalue weighted by Crippen LogP contribution is 2.25. The smallest absolute Gasteiger partial charge is 0.186 e. The summed E-state index contributed by atoms with van der Waals surface area (Å²) >= 11 is 0. The second-order valence-electron chi connectivity index (χ2n) is 4.48. The third kappa shape index (κ3) is 3.39. The van der Waals surface area contributed by atoms with Gasteiger partial charge in [0.25, 0.3) is 0 Å². The third-order valence-corrected chi connectivity index (χ3v) is 2.79. The molecule has 0 fully saturated rings. The molecule has 2 atom stereocenters. The van der Waals surface area contributed by atoms with Crippen LogP contribution >= 0.6 is 0 Å². The Kier molecular flexibility index (Phi) is 4.29. The van der Waals surface area contributed by atoms with Crippen molar-refractivity contribution < 1.29 is 13.2 Å². The number of allylic oxidation sites excluding steroid dienone is 4. The van der Waals surface area contributed by atoms with Gasteiger partial charge in [-0.2, -0.15) is 0 Å². The van der Waals surface area contributed by atoms with Crippen molar-refractivity contribution in [1.29, 1.82) is 0 Å². The molecule has 0 amide bonds. The predicted molar refractivity (Wildman–Crippen MR) is 68.1 cm³/mol. The van der Waals surface area contributed by atoms with Crippen LogP contribution in [0.5, 0.6) is 0 Å². The van der Waals surface area contributed by atoms with Crippen molar-refractivity contribution in [2.24, 2.45) is 0 Å². The Bertz CT molecular complexity index is 493. The van der Waals surface area contributed by atoms with Gasteiger partial charge in [0.05, 0.1) is 6.33 Å². The topological polar surface area (TPSA) is 29.9 Å². The Morgan fingerprint density at radius 1 is 1.42 bits per heavy atom. The molecule has 0 saturated carbocycles. The molecule has 6 heteroatoms. The first-order valence-corrected chi connectivity index (χ1v) is 6.21. The molecule has 1 heterocycles. The van der Waals surface area contributed by atoms with E-state index in [4.69, 9.17) is 0 Å². The Morgan fingerprint density at radius 3 is 2.89 bits per heavy atom. The van der Waals surface area contributed by atoms with Gasteiger partial charge in [-0.05, 0) is 24.1 Å². The average molecular weight is 271 g/mol. The molecule has 1 aromatic rings. The highest BCUT2D eigenvalue weighted by Gasteiger charge is 2.27. The largest absolute Gasteiger partial charge is 0.369 e. The molecule has 0 spiro atoms. The molecule has 1 N–H and O–H groups in total. The number of imidazole rings is 1. The molecule has 0 bridgehead atoms. The maximum atomic E-state index is 13.2. The van der Waals surface area contributed by atoms with Gasteiger partial charge < -0.3 is 9.88 Å². The summed E-state index contributed by atoms with van der Waals surface area (Å²) < 4.78 is 40.9. The van der Waals surface area contributed by atoms with Gasteiger partial charge in [0.15, 0.2) is 12.3 Å². The van der Waals surface area contributed by atoms with E-state index in [0.29, 0.717) is 11.4 Å². The molecule has 1 aliphatic rings. The molecule has 0 aliphatic heterocycles. The number of rotatable bonds is 5. The first-order chi connectivity index (χ1) is 9.10. The fourth-order valence-corrected chi connectivity index (χ4v) is 1.85. The van der Waals surface area contributed by atoms with Gasteiger partial charge in [0.1, 0.15) is 11.6 Å². The van der Waals surface area contributed by atoms with Crippen LogP contribution in [0.3, 0.4) is 0 Å². The first kappa shape index (κ1) is 13.7. The van der Waals surface area contributed by atoms with Gasteiger partial charge in [-0.25, -0.2) is 18.2 Å². The number of hydrogen-bond donors (Lipinski definition) is 1. The molecule has 0 aromatic carbocycles. The van der Waals surface area contributed by atoms with Crippen LogP contribution in [0, 0.1) is 0 Å². The van der Waals surface area contributed by atoms with E-state index in [2.05, 4.69) is 10.3 Å². The van der Waals surface area contributed by atoms with Gasteiger partial charge in [0, 0.05) is 19.3 Å². The van der Waals surface area contributed by atoms with Gasteiger partial charge in [0.2, 0.25) is 0 Å². The minimum atomic E-state index is -2.17. The zero-order valence-corrected chi connectivity index (χ0v) is 10.6. The van der Waals surface area contributed by atoms with Crippen LogP contribution < -0.4 is 5.32 Å². The van der Waals surface area contributed by atoms with Crippen molar-refractivity contribution in [2.75, 3.05) is 11.9 Å². The third-order valence-electron chi connectivity index (χ3n) is 2.79. The number of anilines is 1. The number of aromatic nitrogens is 2. The lowest BCUT2D eigenvalue weighted by molar-refractivity contribution is 0.205. The second-order valence-corrected chi connectivity index (χ2v) is 4.48. The van der Waals surface area contributed by atoms with Gasteiger partial charge in [-0.15, -0.1) is 0 Å². The molecule has 19 heavy (non-hydrogen) atoms. The Balaban J connectivity index is 2.01. The summed E-state index contributed by atoms with van der Waals surface area (Å²) in [4.78, 5) is 4.11. The van der Waals surface area contributed by atoms with Gasteiger partial charge in [-0.1, -0.05) is 6.92 Å². The zero-order chi connectivity index (χ0) is 13.8. The van der Waals surface area contributed by atoms with Crippen LogP contribution in [0.15, 0.2) is 36.1 Å². The molecule has 0 radical (unpaired) electrons. The van der Waals surface area contributed by atoms with E-state index in [1.807, 2.05) is 6.92 Å². The van der Waals surface area contributed by atoms with Crippen LogP contribution in [0.2, 0.25) is 0 Å². The lowest BCUT2D eigenvalue weighted by atomic mass is 10.0. The molecule has 1 aliphatic carbocycles. The number of hydrogen-bond acceptors (Lipinski definition) is 2. The average Bonchev–Trinajstić information content (AvgIpc) is 2.81. The van der Waals surface area contributed by atoms with Crippen molar-refractivity contribution in [3.8, 4) is 0 Å². The van der Waals surface area contributed by atoms with Crippen molar-refractivity contribution in [3.63, 3.8) is 0 Å². The van der Waals surface area contributed by atoms with E-state index in [9.17, 15) is 13.2 Å². The molecule has 2 rings (SSSR count). The van der Waals surface area contributed by atoms with Crippen LogP contribution in [0.4, 0.5) is 19.0 Å². The summed E-state index contributed by atoms with van der Waals surface area (Å²) in [5.41, 5.74) is 0.401. The number of alkyl halides is 2. The SMILES string of the molecule is CCCNc1cn(CC2=CC(F)C(F)C(F)=C2)cn1. The highest BCUT2D eigenvalue weighted by molar-refractivity contribution is 5.33. The minimum Gasteiger partial charge on any atom is -0.369 e. The minimum absolute atomic E-state index is 0.265. The molecule has 1 aromatic heterocycles. The molecular weight excluding hydrogens is 255 g/mol. The van der Waals surface area contributed by atoms with Crippen LogP contribution in [0.25, 0.3) is 0 Å². The molecule has 0 saturated heterocycles. The second kappa shape index (κ2) is 5.95. The Hall–Kier alpha value is -1.72. The van der Waals surface area contributed by atoms with Gasteiger partial charge in [-0.3, -0.25) is 0 Å². The van der Waals surface area contributed by atoms with Crippen molar-refractivity contribution in [1.82, 2.24) is 9.55 Å². The van der Waals surface area contributed by atoms with Gasteiger partial charge >= 0.3 is 0 Å². The van der Waals surface area contributed by atoms with Crippen LogP contribution in [0.1, 0.15) is 13.3 Å². The summed E-state index contributed by atoms with van der Waals surface area (Å²) in [6, 6.07) is 0.